The second kappa shape index (κ2) is 7.53. The molecular formula is C12H18NO8P. The summed E-state index contributed by atoms with van der Waals surface area (Å²) in [7, 11) is -4.01. The molecule has 1 unspecified atom stereocenters. The van der Waals surface area contributed by atoms with Crippen molar-refractivity contribution >= 4 is 19.5 Å². The van der Waals surface area contributed by atoms with E-state index in [1.165, 1.54) is 6.92 Å². The minimum Gasteiger partial charge on any atom is -0.463 e. The van der Waals surface area contributed by atoms with Gasteiger partial charge in [0.15, 0.2) is 11.4 Å². The number of rotatable bonds is 8. The van der Waals surface area contributed by atoms with Crippen LogP contribution in [-0.4, -0.2) is 34.9 Å². The van der Waals surface area contributed by atoms with Crippen LogP contribution >= 0.6 is 7.60 Å². The molecule has 10 heteroatoms. The Kier molecular flexibility index (Phi) is 6.28. The molecule has 0 saturated heterocycles. The van der Waals surface area contributed by atoms with Crippen molar-refractivity contribution in [2.75, 3.05) is 13.2 Å². The van der Waals surface area contributed by atoms with Gasteiger partial charge in [0.2, 0.25) is 0 Å². The van der Waals surface area contributed by atoms with Gasteiger partial charge < -0.3 is 18.7 Å². The first-order valence-electron chi connectivity index (χ1n) is 6.68. The maximum absolute atomic E-state index is 12.9. The van der Waals surface area contributed by atoms with Crippen LogP contribution in [0.1, 0.15) is 38.5 Å². The SMILES string of the molecule is CCOP(=O)(OCC)C(C(=O)CC)c1cc(=O)on1C(=O)O. The second-order valence-corrected chi connectivity index (χ2v) is 6.27. The average Bonchev–Trinajstić information content (AvgIpc) is 2.81. The summed E-state index contributed by atoms with van der Waals surface area (Å²) < 4.78 is 27.8. The number of carbonyl (C=O) groups excluding carboxylic acids is 1. The quantitative estimate of drug-likeness (QED) is 0.717. The number of nitrogens with zero attached hydrogens (tertiary/aromatic N) is 1. The van der Waals surface area contributed by atoms with Crippen LogP contribution in [-0.2, 0) is 18.4 Å². The van der Waals surface area contributed by atoms with E-state index >= 15 is 0 Å². The largest absolute Gasteiger partial charge is 0.463 e. The van der Waals surface area contributed by atoms with Crippen molar-refractivity contribution in [1.29, 1.82) is 0 Å². The number of aromatic nitrogens is 1. The summed E-state index contributed by atoms with van der Waals surface area (Å²) in [6.45, 7) is 4.60. The minimum atomic E-state index is -4.01. The van der Waals surface area contributed by atoms with Gasteiger partial charge in [-0.3, -0.25) is 9.36 Å². The first kappa shape index (κ1) is 18.3. The molecule has 0 bridgehead atoms. The molecule has 1 N–H and O–H groups in total. The van der Waals surface area contributed by atoms with Crippen LogP contribution in [0.15, 0.2) is 15.4 Å². The molecule has 1 heterocycles. The number of hydrogen-bond donors (Lipinski definition) is 1. The van der Waals surface area contributed by atoms with E-state index in [1.807, 2.05) is 0 Å². The van der Waals surface area contributed by atoms with Gasteiger partial charge >= 0.3 is 19.3 Å². The van der Waals surface area contributed by atoms with Crippen LogP contribution in [0.2, 0.25) is 0 Å². The number of Topliss-reactive ketones (excluding diaryl/α,β-unsaturated/α-hetero) is 1. The Hall–Kier alpha value is -1.70. The van der Waals surface area contributed by atoms with Crippen LogP contribution in [0.3, 0.4) is 0 Å². The van der Waals surface area contributed by atoms with Crippen molar-refractivity contribution in [2.24, 2.45) is 0 Å². The van der Waals surface area contributed by atoms with Crippen molar-refractivity contribution in [3.05, 3.63) is 22.2 Å². The smallest absolute Gasteiger partial charge is 0.445 e. The fraction of sp³-hybridized carbons (Fsp3) is 0.583. The average molecular weight is 335 g/mol. The predicted molar refractivity (Wildman–Crippen MR) is 75.3 cm³/mol. The summed E-state index contributed by atoms with van der Waals surface area (Å²) in [6, 6.07) is 0.803. The molecule has 0 aliphatic rings. The van der Waals surface area contributed by atoms with E-state index in [4.69, 9.17) is 14.2 Å². The van der Waals surface area contributed by atoms with E-state index in [-0.39, 0.29) is 30.1 Å². The fourth-order valence-corrected chi connectivity index (χ4v) is 4.06. The topological polar surface area (TPSA) is 125 Å². The van der Waals surface area contributed by atoms with Gasteiger partial charge in [0.05, 0.1) is 25.0 Å². The van der Waals surface area contributed by atoms with Crippen LogP contribution in [0.5, 0.6) is 0 Å². The summed E-state index contributed by atoms with van der Waals surface area (Å²) >= 11 is 0. The molecule has 22 heavy (non-hydrogen) atoms. The molecule has 1 rings (SSSR count). The normalized spacial score (nSPS) is 13.0. The van der Waals surface area contributed by atoms with E-state index in [0.717, 1.165) is 6.07 Å². The van der Waals surface area contributed by atoms with Gasteiger partial charge in [-0.25, -0.2) is 9.59 Å². The number of ketones is 1. The third-order valence-corrected chi connectivity index (χ3v) is 5.14. The molecule has 0 amide bonds. The van der Waals surface area contributed by atoms with Crippen LogP contribution in [0.25, 0.3) is 0 Å². The predicted octanol–water partition coefficient (Wildman–Crippen LogP) is 2.25. The third-order valence-electron chi connectivity index (χ3n) is 2.72. The lowest BCUT2D eigenvalue weighted by atomic mass is 10.2. The molecule has 124 valence electrons. The summed E-state index contributed by atoms with van der Waals surface area (Å²) in [5.74, 6) is -0.582. The number of carbonyl (C=O) groups is 2. The standard InChI is InChI=1S/C12H18NO8P/c1-4-9(14)11(22(18,19-5-2)20-6-3)8-7-10(15)21-13(8)12(16)17/h7,11H,4-6H2,1-3H3,(H,16,17). The van der Waals surface area contributed by atoms with Crippen molar-refractivity contribution in [3.63, 3.8) is 0 Å². The lowest BCUT2D eigenvalue weighted by molar-refractivity contribution is -0.119. The highest BCUT2D eigenvalue weighted by Crippen LogP contribution is 2.61. The summed E-state index contributed by atoms with van der Waals surface area (Å²) in [4.78, 5) is 34.7. The maximum atomic E-state index is 12.9. The zero-order valence-corrected chi connectivity index (χ0v) is 13.4. The summed E-state index contributed by atoms with van der Waals surface area (Å²) in [5, 5.41) is 9.06. The summed E-state index contributed by atoms with van der Waals surface area (Å²) in [5.41, 5.74) is -2.89. The lowest BCUT2D eigenvalue weighted by Gasteiger charge is -2.24. The van der Waals surface area contributed by atoms with Gasteiger partial charge in [-0.05, 0) is 13.8 Å². The minimum absolute atomic E-state index is 0.0140. The molecule has 1 aromatic heterocycles. The monoisotopic (exact) mass is 335 g/mol. The van der Waals surface area contributed by atoms with E-state index in [9.17, 15) is 18.9 Å². The molecule has 1 aromatic rings. The van der Waals surface area contributed by atoms with Crippen molar-refractivity contribution in [1.82, 2.24) is 4.74 Å². The molecule has 0 aliphatic carbocycles. The third kappa shape index (κ3) is 3.73. The molecular weight excluding hydrogens is 317 g/mol. The van der Waals surface area contributed by atoms with Crippen LogP contribution in [0, 0.1) is 0 Å². The van der Waals surface area contributed by atoms with Gasteiger partial charge in [-0.1, -0.05) is 6.92 Å². The van der Waals surface area contributed by atoms with Crippen molar-refractivity contribution in [3.8, 4) is 0 Å². The van der Waals surface area contributed by atoms with E-state index in [2.05, 4.69) is 4.52 Å². The van der Waals surface area contributed by atoms with E-state index in [1.54, 1.807) is 13.8 Å². The lowest BCUT2D eigenvalue weighted by Crippen LogP contribution is -2.21. The first-order chi connectivity index (χ1) is 10.3. The zero-order valence-electron chi connectivity index (χ0n) is 12.5. The molecule has 1 atom stereocenters. The maximum Gasteiger partial charge on any atom is 0.445 e. The molecule has 0 aromatic carbocycles. The van der Waals surface area contributed by atoms with Crippen LogP contribution in [0.4, 0.5) is 4.79 Å². The highest BCUT2D eigenvalue weighted by Gasteiger charge is 2.44. The van der Waals surface area contributed by atoms with E-state index < -0.39 is 30.8 Å². The molecule has 0 radical (unpaired) electrons. The van der Waals surface area contributed by atoms with Gasteiger partial charge in [-0.2, -0.15) is 0 Å². The summed E-state index contributed by atoms with van der Waals surface area (Å²) in [6.07, 6.45) is -1.67. The van der Waals surface area contributed by atoms with Gasteiger partial charge in [0.1, 0.15) is 0 Å². The molecule has 9 nitrogen and oxygen atoms in total. The van der Waals surface area contributed by atoms with Crippen LogP contribution < -0.4 is 5.63 Å². The highest BCUT2D eigenvalue weighted by molar-refractivity contribution is 7.55. The molecule has 0 spiro atoms. The van der Waals surface area contributed by atoms with E-state index in [0.29, 0.717) is 0 Å². The number of carboxylic acid groups (broad SMARTS) is 1. The van der Waals surface area contributed by atoms with Crippen molar-refractivity contribution in [2.45, 2.75) is 32.9 Å². The number of hydrogen-bond acceptors (Lipinski definition) is 7. The Morgan fingerprint density at radius 1 is 1.32 bits per heavy atom. The first-order valence-corrected chi connectivity index (χ1v) is 8.29. The Bertz CT molecular complexity index is 636. The molecule has 0 saturated carbocycles. The zero-order chi connectivity index (χ0) is 16.9. The second-order valence-electron chi connectivity index (χ2n) is 4.15. The molecule has 0 aliphatic heterocycles. The fourth-order valence-electron chi connectivity index (χ4n) is 1.93. The van der Waals surface area contributed by atoms with Crippen molar-refractivity contribution < 1.29 is 32.8 Å². The Morgan fingerprint density at radius 2 is 1.86 bits per heavy atom. The van der Waals surface area contributed by atoms with Gasteiger partial charge in [-0.15, -0.1) is 4.74 Å². The van der Waals surface area contributed by atoms with Gasteiger partial charge in [0, 0.05) is 6.42 Å². The Morgan fingerprint density at radius 3 is 2.27 bits per heavy atom. The Balaban J connectivity index is 3.53. The highest BCUT2D eigenvalue weighted by atomic mass is 31.2. The molecule has 0 fully saturated rings. The Labute approximate surface area is 126 Å². The van der Waals surface area contributed by atoms with Gasteiger partial charge in [0.25, 0.3) is 0 Å².